The zero-order valence-corrected chi connectivity index (χ0v) is 13.3. The van der Waals surface area contributed by atoms with E-state index in [-0.39, 0.29) is 22.4 Å². The van der Waals surface area contributed by atoms with E-state index in [2.05, 4.69) is 15.2 Å². The number of non-ortho nitro benzene ring substituents is 1. The molecule has 126 valence electrons. The predicted octanol–water partition coefficient (Wildman–Crippen LogP) is 3.24. The Morgan fingerprint density at radius 1 is 1.04 bits per heavy atom. The Kier molecular flexibility index (Phi) is 4.66. The summed E-state index contributed by atoms with van der Waals surface area (Å²) in [4.78, 5) is 24.4. The summed E-state index contributed by atoms with van der Waals surface area (Å²) in [6.07, 6.45) is 3.18. The van der Waals surface area contributed by atoms with Crippen LogP contribution in [0.5, 0.6) is 0 Å². The van der Waals surface area contributed by atoms with Gasteiger partial charge in [-0.25, -0.2) is 0 Å². The third kappa shape index (κ3) is 3.77. The van der Waals surface area contributed by atoms with Gasteiger partial charge in [-0.2, -0.15) is 0 Å². The third-order valence-corrected chi connectivity index (χ3v) is 4.03. The molecular formula is C14H9N5O5S. The number of hydrogen-bond donors (Lipinski definition) is 0. The van der Waals surface area contributed by atoms with Crippen LogP contribution < -0.4 is 0 Å². The maximum absolute atomic E-state index is 11.1. The van der Waals surface area contributed by atoms with Gasteiger partial charge in [-0.1, -0.05) is 11.8 Å². The van der Waals surface area contributed by atoms with Crippen LogP contribution in [0, 0.1) is 20.2 Å². The SMILES string of the molecule is O=[N+]([O-])c1ccc(CSc2nnc(-c3ccncc3)o2)c([N+](=O)[O-])c1. The number of pyridine rings is 1. The Balaban J connectivity index is 1.77. The number of benzene rings is 1. The van der Waals surface area contributed by atoms with E-state index in [9.17, 15) is 20.2 Å². The van der Waals surface area contributed by atoms with Crippen LogP contribution in [0.4, 0.5) is 11.4 Å². The molecule has 0 spiro atoms. The van der Waals surface area contributed by atoms with Crippen LogP contribution in [0.15, 0.2) is 52.4 Å². The summed E-state index contributed by atoms with van der Waals surface area (Å²) < 4.78 is 5.49. The summed E-state index contributed by atoms with van der Waals surface area (Å²) in [5.74, 6) is 0.467. The number of nitro groups is 2. The number of rotatable bonds is 6. The molecule has 11 heteroatoms. The molecule has 0 saturated carbocycles. The van der Waals surface area contributed by atoms with Crippen LogP contribution >= 0.6 is 11.8 Å². The molecular weight excluding hydrogens is 350 g/mol. The first-order valence-corrected chi connectivity index (χ1v) is 7.81. The molecule has 2 aromatic heterocycles. The molecule has 1 aromatic carbocycles. The van der Waals surface area contributed by atoms with E-state index < -0.39 is 9.85 Å². The minimum Gasteiger partial charge on any atom is -0.411 e. The van der Waals surface area contributed by atoms with Crippen LogP contribution in [-0.2, 0) is 5.75 Å². The van der Waals surface area contributed by atoms with E-state index in [1.54, 1.807) is 24.5 Å². The van der Waals surface area contributed by atoms with E-state index in [1.807, 2.05) is 0 Å². The fourth-order valence-corrected chi connectivity index (χ4v) is 2.74. The van der Waals surface area contributed by atoms with Gasteiger partial charge in [-0.3, -0.25) is 25.2 Å². The topological polar surface area (TPSA) is 138 Å². The van der Waals surface area contributed by atoms with Crippen molar-refractivity contribution in [2.24, 2.45) is 0 Å². The van der Waals surface area contributed by atoms with Crippen LogP contribution in [0.1, 0.15) is 5.56 Å². The predicted molar refractivity (Wildman–Crippen MR) is 86.8 cm³/mol. The smallest absolute Gasteiger partial charge is 0.280 e. The fourth-order valence-electron chi connectivity index (χ4n) is 1.98. The van der Waals surface area contributed by atoms with E-state index in [4.69, 9.17) is 4.42 Å². The number of nitrogens with zero attached hydrogens (tertiary/aromatic N) is 5. The van der Waals surface area contributed by atoms with Gasteiger partial charge in [0, 0.05) is 35.3 Å². The molecule has 0 bridgehead atoms. The lowest BCUT2D eigenvalue weighted by Crippen LogP contribution is -1.97. The highest BCUT2D eigenvalue weighted by molar-refractivity contribution is 7.98. The van der Waals surface area contributed by atoms with Crippen molar-refractivity contribution in [1.82, 2.24) is 15.2 Å². The van der Waals surface area contributed by atoms with Crippen molar-refractivity contribution >= 4 is 23.1 Å². The molecule has 0 unspecified atom stereocenters. The second-order valence-corrected chi connectivity index (χ2v) is 5.65. The van der Waals surface area contributed by atoms with Crippen molar-refractivity contribution in [2.75, 3.05) is 0 Å². The average molecular weight is 359 g/mol. The minimum absolute atomic E-state index is 0.159. The lowest BCUT2D eigenvalue weighted by Gasteiger charge is -2.01. The summed E-state index contributed by atoms with van der Waals surface area (Å²) in [6.45, 7) is 0. The number of thioether (sulfide) groups is 1. The van der Waals surface area contributed by atoms with Crippen LogP contribution in [0.3, 0.4) is 0 Å². The molecule has 0 aliphatic heterocycles. The van der Waals surface area contributed by atoms with Crippen molar-refractivity contribution < 1.29 is 14.3 Å². The van der Waals surface area contributed by atoms with E-state index in [0.29, 0.717) is 17.0 Å². The summed E-state index contributed by atoms with van der Waals surface area (Å²) in [5, 5.41) is 29.9. The average Bonchev–Trinajstić information content (AvgIpc) is 3.09. The van der Waals surface area contributed by atoms with E-state index >= 15 is 0 Å². The molecule has 0 aliphatic carbocycles. The molecule has 2 heterocycles. The standard InChI is InChI=1S/C14H9N5O5S/c20-18(21)11-2-1-10(12(7-11)19(22)23)8-25-14-17-16-13(24-14)9-3-5-15-6-4-9/h1-7H,8H2. The van der Waals surface area contributed by atoms with Gasteiger partial charge in [-0.05, 0) is 18.2 Å². The summed E-state index contributed by atoms with van der Waals surface area (Å²) in [5.41, 5.74) is 0.369. The molecule has 0 amide bonds. The Morgan fingerprint density at radius 3 is 2.48 bits per heavy atom. The fraction of sp³-hybridized carbons (Fsp3) is 0.0714. The first kappa shape index (κ1) is 16.5. The first-order chi connectivity index (χ1) is 12.0. The van der Waals surface area contributed by atoms with Gasteiger partial charge >= 0.3 is 0 Å². The molecule has 0 fully saturated rings. The number of nitro benzene ring substituents is 2. The maximum atomic E-state index is 11.1. The van der Waals surface area contributed by atoms with Gasteiger partial charge in [0.2, 0.25) is 5.89 Å². The van der Waals surface area contributed by atoms with E-state index in [1.165, 1.54) is 12.1 Å². The second-order valence-electron chi connectivity index (χ2n) is 4.72. The molecule has 3 rings (SSSR count). The highest BCUT2D eigenvalue weighted by atomic mass is 32.2. The van der Waals surface area contributed by atoms with Gasteiger partial charge < -0.3 is 4.42 Å². The highest BCUT2D eigenvalue weighted by Gasteiger charge is 2.20. The Morgan fingerprint density at radius 2 is 1.80 bits per heavy atom. The molecule has 3 aromatic rings. The van der Waals surface area contributed by atoms with Crippen LogP contribution in [0.2, 0.25) is 0 Å². The lowest BCUT2D eigenvalue weighted by atomic mass is 10.2. The Bertz CT molecular complexity index is 930. The Hall–Kier alpha value is -3.34. The zero-order valence-electron chi connectivity index (χ0n) is 12.4. The minimum atomic E-state index is -0.678. The van der Waals surface area contributed by atoms with Gasteiger partial charge in [-0.15, -0.1) is 10.2 Å². The summed E-state index contributed by atoms with van der Waals surface area (Å²) >= 11 is 1.10. The monoisotopic (exact) mass is 359 g/mol. The Labute approximate surface area is 144 Å². The first-order valence-electron chi connectivity index (χ1n) is 6.83. The third-order valence-electron chi connectivity index (χ3n) is 3.16. The molecule has 0 saturated heterocycles. The van der Waals surface area contributed by atoms with Gasteiger partial charge in [0.05, 0.1) is 15.9 Å². The van der Waals surface area contributed by atoms with Crippen LogP contribution in [0.25, 0.3) is 11.5 Å². The van der Waals surface area contributed by atoms with Crippen molar-refractivity contribution in [3.63, 3.8) is 0 Å². The van der Waals surface area contributed by atoms with Crippen molar-refractivity contribution in [1.29, 1.82) is 0 Å². The second kappa shape index (κ2) is 7.05. The zero-order chi connectivity index (χ0) is 17.8. The number of hydrogen-bond acceptors (Lipinski definition) is 9. The molecule has 0 atom stereocenters. The molecule has 0 N–H and O–H groups in total. The van der Waals surface area contributed by atoms with Crippen LogP contribution in [-0.4, -0.2) is 25.0 Å². The largest absolute Gasteiger partial charge is 0.411 e. The number of aromatic nitrogens is 3. The van der Waals surface area contributed by atoms with Gasteiger partial charge in [0.1, 0.15) is 0 Å². The summed E-state index contributed by atoms with van der Waals surface area (Å²) in [7, 11) is 0. The van der Waals surface area contributed by atoms with E-state index in [0.717, 1.165) is 17.8 Å². The van der Waals surface area contributed by atoms with Crippen molar-refractivity contribution in [3.8, 4) is 11.5 Å². The van der Waals surface area contributed by atoms with Gasteiger partial charge in [0.15, 0.2) is 0 Å². The quantitative estimate of drug-likeness (QED) is 0.368. The lowest BCUT2D eigenvalue weighted by molar-refractivity contribution is -0.394. The van der Waals surface area contributed by atoms with Gasteiger partial charge in [0.25, 0.3) is 16.6 Å². The molecule has 25 heavy (non-hydrogen) atoms. The summed E-state index contributed by atoms with van der Waals surface area (Å²) in [6, 6.07) is 6.93. The van der Waals surface area contributed by atoms with Crippen molar-refractivity contribution in [2.45, 2.75) is 11.0 Å². The van der Waals surface area contributed by atoms with Crippen molar-refractivity contribution in [3.05, 3.63) is 68.5 Å². The molecule has 10 nitrogen and oxygen atoms in total. The maximum Gasteiger partial charge on any atom is 0.280 e. The molecule has 0 aliphatic rings. The normalized spacial score (nSPS) is 10.6. The molecule has 0 radical (unpaired) electrons. The highest BCUT2D eigenvalue weighted by Crippen LogP contribution is 2.31.